The monoisotopic (exact) mass is 416 g/mol. The molecule has 0 unspecified atom stereocenters. The number of rotatable bonds is 5. The quantitative estimate of drug-likeness (QED) is 0.634. The number of aromatic nitrogens is 1. The Labute approximate surface area is 180 Å². The minimum absolute atomic E-state index is 0.181. The van der Waals surface area contributed by atoms with Crippen LogP contribution in [0.15, 0.2) is 64.4 Å². The standard InChI is InChI=1S/C24H24N4O3/c1-3-28(18-10-5-4-6-11-18)24(30)22-16(2)21-19(12-7-13-20(21)31-22)26-27-23(29)17-9-8-14-25-15-17/h4-6,8-11,14-15H,3,7,12-13H2,1-2H3,(H,27,29)/b26-19+. The van der Waals surface area contributed by atoms with Crippen molar-refractivity contribution in [1.82, 2.24) is 10.4 Å². The third-order valence-electron chi connectivity index (χ3n) is 5.37. The van der Waals surface area contributed by atoms with E-state index in [2.05, 4.69) is 15.5 Å². The van der Waals surface area contributed by atoms with Gasteiger partial charge in [-0.3, -0.25) is 14.6 Å². The highest BCUT2D eigenvalue weighted by Crippen LogP contribution is 2.31. The summed E-state index contributed by atoms with van der Waals surface area (Å²) < 4.78 is 6.03. The lowest BCUT2D eigenvalue weighted by atomic mass is 9.93. The SMILES string of the molecule is CCN(C(=O)c1oc2c(c1C)/C(=N/NC(=O)c1cccnc1)CCC2)c1ccccc1. The van der Waals surface area contributed by atoms with Crippen molar-refractivity contribution in [2.24, 2.45) is 5.10 Å². The van der Waals surface area contributed by atoms with Crippen molar-refractivity contribution in [3.05, 3.63) is 83.1 Å². The molecule has 0 aliphatic heterocycles. The predicted molar refractivity (Wildman–Crippen MR) is 118 cm³/mol. The molecule has 3 aromatic rings. The van der Waals surface area contributed by atoms with Crippen LogP contribution < -0.4 is 10.3 Å². The van der Waals surface area contributed by atoms with Gasteiger partial charge < -0.3 is 9.32 Å². The lowest BCUT2D eigenvalue weighted by Gasteiger charge is -2.20. The van der Waals surface area contributed by atoms with Gasteiger partial charge in [-0.05, 0) is 51.0 Å². The first-order valence-electron chi connectivity index (χ1n) is 10.4. The summed E-state index contributed by atoms with van der Waals surface area (Å²) in [4.78, 5) is 31.3. The van der Waals surface area contributed by atoms with Crippen LogP contribution in [0.5, 0.6) is 0 Å². The molecule has 4 rings (SSSR count). The molecule has 0 saturated heterocycles. The smallest absolute Gasteiger partial charge is 0.294 e. The zero-order chi connectivity index (χ0) is 21.8. The Kier molecular flexibility index (Phi) is 5.93. The van der Waals surface area contributed by atoms with Gasteiger partial charge in [0, 0.05) is 42.2 Å². The maximum absolute atomic E-state index is 13.3. The van der Waals surface area contributed by atoms with E-state index in [0.29, 0.717) is 24.3 Å². The summed E-state index contributed by atoms with van der Waals surface area (Å²) in [6.07, 6.45) is 5.37. The largest absolute Gasteiger partial charge is 0.455 e. The number of carbonyl (C=O) groups is 2. The van der Waals surface area contributed by atoms with Crippen molar-refractivity contribution in [3.8, 4) is 0 Å². The van der Waals surface area contributed by atoms with Gasteiger partial charge in [-0.25, -0.2) is 5.43 Å². The summed E-state index contributed by atoms with van der Waals surface area (Å²) in [7, 11) is 0. The van der Waals surface area contributed by atoms with E-state index in [1.807, 2.05) is 44.2 Å². The van der Waals surface area contributed by atoms with Crippen LogP contribution in [-0.4, -0.2) is 29.1 Å². The van der Waals surface area contributed by atoms with Crippen LogP contribution in [0.1, 0.15) is 57.6 Å². The number of hydrogen-bond donors (Lipinski definition) is 1. The number of benzene rings is 1. The van der Waals surface area contributed by atoms with Crippen LogP contribution in [-0.2, 0) is 6.42 Å². The number of para-hydroxylation sites is 1. The van der Waals surface area contributed by atoms with Crippen LogP contribution in [0.25, 0.3) is 0 Å². The second-order valence-corrected chi connectivity index (χ2v) is 7.33. The molecule has 1 aromatic carbocycles. The molecule has 2 heterocycles. The molecule has 1 aliphatic carbocycles. The highest BCUT2D eigenvalue weighted by molar-refractivity contribution is 6.10. The third kappa shape index (κ3) is 4.12. The fourth-order valence-corrected chi connectivity index (χ4v) is 3.84. The minimum atomic E-state index is -0.327. The number of anilines is 1. The van der Waals surface area contributed by atoms with Crippen molar-refractivity contribution in [2.45, 2.75) is 33.1 Å². The lowest BCUT2D eigenvalue weighted by Crippen LogP contribution is -2.30. The highest BCUT2D eigenvalue weighted by atomic mass is 16.4. The number of furan rings is 1. The van der Waals surface area contributed by atoms with E-state index in [4.69, 9.17) is 4.42 Å². The third-order valence-corrected chi connectivity index (χ3v) is 5.37. The molecule has 0 fully saturated rings. The maximum atomic E-state index is 13.3. The number of aryl methyl sites for hydroxylation is 1. The van der Waals surface area contributed by atoms with Crippen molar-refractivity contribution >= 4 is 23.2 Å². The first-order valence-corrected chi connectivity index (χ1v) is 10.4. The van der Waals surface area contributed by atoms with Gasteiger partial charge in [0.05, 0.1) is 11.3 Å². The molecule has 7 nitrogen and oxygen atoms in total. The van der Waals surface area contributed by atoms with Gasteiger partial charge in [-0.15, -0.1) is 0 Å². The minimum Gasteiger partial charge on any atom is -0.455 e. The Balaban J connectivity index is 1.62. The molecule has 0 saturated carbocycles. The Morgan fingerprint density at radius 2 is 1.97 bits per heavy atom. The van der Waals surface area contributed by atoms with E-state index < -0.39 is 0 Å². The molecule has 31 heavy (non-hydrogen) atoms. The lowest BCUT2D eigenvalue weighted by molar-refractivity contribution is 0.0949. The Bertz CT molecular complexity index is 1120. The van der Waals surface area contributed by atoms with Crippen LogP contribution in [0.3, 0.4) is 0 Å². The van der Waals surface area contributed by atoms with Crippen molar-refractivity contribution < 1.29 is 14.0 Å². The van der Waals surface area contributed by atoms with Crippen molar-refractivity contribution in [2.75, 3.05) is 11.4 Å². The molecule has 0 atom stereocenters. The number of hydrogen-bond acceptors (Lipinski definition) is 5. The molecule has 7 heteroatoms. The van der Waals surface area contributed by atoms with E-state index in [-0.39, 0.29) is 11.8 Å². The predicted octanol–water partition coefficient (Wildman–Crippen LogP) is 4.12. The summed E-state index contributed by atoms with van der Waals surface area (Å²) in [5.74, 6) is 0.556. The molecule has 0 radical (unpaired) electrons. The number of hydrazone groups is 1. The summed E-state index contributed by atoms with van der Waals surface area (Å²) in [5, 5.41) is 4.36. The Hall–Kier alpha value is -3.74. The topological polar surface area (TPSA) is 87.8 Å². The van der Waals surface area contributed by atoms with E-state index in [1.54, 1.807) is 23.2 Å². The number of nitrogens with zero attached hydrogens (tertiary/aromatic N) is 3. The average Bonchev–Trinajstić information content (AvgIpc) is 3.16. The fraction of sp³-hybridized carbons (Fsp3) is 0.250. The van der Waals surface area contributed by atoms with Crippen molar-refractivity contribution in [3.63, 3.8) is 0 Å². The fourth-order valence-electron chi connectivity index (χ4n) is 3.84. The zero-order valence-corrected chi connectivity index (χ0v) is 17.6. The molecular formula is C24H24N4O3. The number of amides is 2. The summed E-state index contributed by atoms with van der Waals surface area (Å²) >= 11 is 0. The van der Waals surface area contributed by atoms with Gasteiger partial charge in [-0.1, -0.05) is 18.2 Å². The number of carbonyl (C=O) groups excluding carboxylic acids is 2. The summed E-state index contributed by atoms with van der Waals surface area (Å²) in [5.41, 5.74) is 6.16. The molecule has 2 amide bonds. The summed E-state index contributed by atoms with van der Waals surface area (Å²) in [6, 6.07) is 12.9. The molecule has 158 valence electrons. The molecule has 0 spiro atoms. The van der Waals surface area contributed by atoms with Crippen molar-refractivity contribution in [1.29, 1.82) is 0 Å². The number of nitrogens with one attached hydrogen (secondary N) is 1. The molecule has 0 bridgehead atoms. The Morgan fingerprint density at radius 1 is 1.16 bits per heavy atom. The molecule has 1 aliphatic rings. The highest BCUT2D eigenvalue weighted by Gasteiger charge is 2.30. The molecular weight excluding hydrogens is 392 g/mol. The normalized spacial score (nSPS) is 14.2. The summed E-state index contributed by atoms with van der Waals surface area (Å²) in [6.45, 7) is 4.33. The van der Waals surface area contributed by atoms with E-state index in [9.17, 15) is 9.59 Å². The van der Waals surface area contributed by atoms with Gasteiger partial charge in [-0.2, -0.15) is 5.10 Å². The van der Waals surface area contributed by atoms with Gasteiger partial charge in [0.15, 0.2) is 5.76 Å². The van der Waals surface area contributed by atoms with Crippen LogP contribution in [0.2, 0.25) is 0 Å². The van der Waals surface area contributed by atoms with Gasteiger partial charge in [0.1, 0.15) is 5.76 Å². The van der Waals surface area contributed by atoms with E-state index >= 15 is 0 Å². The Morgan fingerprint density at radius 3 is 2.68 bits per heavy atom. The van der Waals surface area contributed by atoms with Crippen LogP contribution >= 0.6 is 0 Å². The number of pyridine rings is 1. The average molecular weight is 416 g/mol. The first-order chi connectivity index (χ1) is 15.1. The molecule has 2 aromatic heterocycles. The van der Waals surface area contributed by atoms with Crippen LogP contribution in [0, 0.1) is 6.92 Å². The van der Waals surface area contributed by atoms with Gasteiger partial charge in [0.2, 0.25) is 0 Å². The first kappa shape index (κ1) is 20.5. The van der Waals surface area contributed by atoms with Crippen LogP contribution in [0.4, 0.5) is 5.69 Å². The second kappa shape index (κ2) is 8.95. The number of fused-ring (bicyclic) bond motifs is 1. The van der Waals surface area contributed by atoms with Gasteiger partial charge >= 0.3 is 0 Å². The second-order valence-electron chi connectivity index (χ2n) is 7.33. The maximum Gasteiger partial charge on any atom is 0.294 e. The van der Waals surface area contributed by atoms with E-state index in [0.717, 1.165) is 41.1 Å². The molecule has 1 N–H and O–H groups in total. The van der Waals surface area contributed by atoms with E-state index in [1.165, 1.54) is 6.20 Å². The zero-order valence-electron chi connectivity index (χ0n) is 17.6. The van der Waals surface area contributed by atoms with Gasteiger partial charge in [0.25, 0.3) is 11.8 Å².